The van der Waals surface area contributed by atoms with Gasteiger partial charge in [-0.2, -0.15) is 5.10 Å². The van der Waals surface area contributed by atoms with E-state index in [1.165, 1.54) is 18.4 Å². The molecule has 1 saturated carbocycles. The number of piperidine rings is 1. The van der Waals surface area contributed by atoms with E-state index in [1.54, 1.807) is 6.20 Å². The lowest BCUT2D eigenvalue weighted by Gasteiger charge is -2.39. The van der Waals surface area contributed by atoms with Gasteiger partial charge >= 0.3 is 0 Å². The molecule has 25 heavy (non-hydrogen) atoms. The molecule has 1 aromatic carbocycles. The molecule has 1 saturated heterocycles. The predicted molar refractivity (Wildman–Crippen MR) is 99.3 cm³/mol. The third-order valence-electron chi connectivity index (χ3n) is 6.10. The van der Waals surface area contributed by atoms with Gasteiger partial charge < -0.3 is 10.2 Å². The van der Waals surface area contributed by atoms with Crippen LogP contribution >= 0.6 is 12.4 Å². The molecule has 1 amide bonds. The molecular formula is C19H23ClN4O. The molecule has 5 rings (SSSR count). The first-order chi connectivity index (χ1) is 11.8. The Morgan fingerprint density at radius 3 is 2.52 bits per heavy atom. The summed E-state index contributed by atoms with van der Waals surface area (Å²) in [4.78, 5) is 15.8. The molecule has 1 aromatic heterocycles. The molecule has 3 heterocycles. The van der Waals surface area contributed by atoms with Crippen molar-refractivity contribution in [1.29, 1.82) is 0 Å². The maximum absolute atomic E-state index is 13.7. The van der Waals surface area contributed by atoms with Crippen molar-refractivity contribution in [2.24, 2.45) is 0 Å². The van der Waals surface area contributed by atoms with E-state index in [-0.39, 0.29) is 23.7 Å². The number of aromatic nitrogens is 2. The van der Waals surface area contributed by atoms with Gasteiger partial charge in [-0.1, -0.05) is 18.2 Å². The molecule has 5 nitrogen and oxygen atoms in total. The lowest BCUT2D eigenvalue weighted by atomic mass is 9.86. The van der Waals surface area contributed by atoms with Crippen LogP contribution in [0.2, 0.25) is 0 Å². The zero-order chi connectivity index (χ0) is 16.2. The molecule has 1 N–H and O–H groups in total. The van der Waals surface area contributed by atoms with Gasteiger partial charge in [-0.05, 0) is 56.5 Å². The highest BCUT2D eigenvalue weighted by Gasteiger charge is 2.55. The fraction of sp³-hybridized carbons (Fsp3) is 0.474. The monoisotopic (exact) mass is 358 g/mol. The van der Waals surface area contributed by atoms with Gasteiger partial charge in [-0.3, -0.25) is 9.48 Å². The second-order valence-corrected chi connectivity index (χ2v) is 7.42. The van der Waals surface area contributed by atoms with Crippen LogP contribution in [0.5, 0.6) is 0 Å². The Hall–Kier alpha value is -1.85. The molecule has 0 bridgehead atoms. The highest BCUT2D eigenvalue weighted by atomic mass is 35.5. The van der Waals surface area contributed by atoms with Gasteiger partial charge in [0, 0.05) is 30.0 Å². The van der Waals surface area contributed by atoms with Crippen molar-refractivity contribution in [2.45, 2.75) is 36.6 Å². The number of anilines is 1. The fourth-order valence-electron chi connectivity index (χ4n) is 4.54. The van der Waals surface area contributed by atoms with E-state index < -0.39 is 5.54 Å². The van der Waals surface area contributed by atoms with Gasteiger partial charge in [0.15, 0.2) is 0 Å². The zero-order valence-electron chi connectivity index (χ0n) is 14.1. The lowest BCUT2D eigenvalue weighted by molar-refractivity contribution is -0.129. The predicted octanol–water partition coefficient (Wildman–Crippen LogP) is 2.46. The topological polar surface area (TPSA) is 50.2 Å². The summed E-state index contributed by atoms with van der Waals surface area (Å²) in [6, 6.07) is 10.4. The van der Waals surface area contributed by atoms with Gasteiger partial charge in [0.1, 0.15) is 5.54 Å². The standard InChI is InChI=1S/C19H22N4O.ClH/c24-17(19(8-11-20-12-9-19)23-13-3-10-21-23)22-14-18(6-7-18)15-4-1-2-5-16(15)22;/h1-5,10,13,20H,6-9,11-12,14H2;1H. The summed E-state index contributed by atoms with van der Waals surface area (Å²) >= 11 is 0. The molecule has 3 aliphatic rings. The van der Waals surface area contributed by atoms with Crippen LogP contribution in [-0.4, -0.2) is 35.3 Å². The zero-order valence-corrected chi connectivity index (χ0v) is 15.0. The van der Waals surface area contributed by atoms with Gasteiger partial charge in [0.2, 0.25) is 0 Å². The van der Waals surface area contributed by atoms with E-state index in [0.717, 1.165) is 38.2 Å². The maximum atomic E-state index is 13.7. The first-order valence-corrected chi connectivity index (χ1v) is 8.88. The molecule has 6 heteroatoms. The first kappa shape index (κ1) is 16.6. The number of carbonyl (C=O) groups is 1. The van der Waals surface area contributed by atoms with E-state index in [1.807, 2.05) is 23.0 Å². The van der Waals surface area contributed by atoms with Crippen LogP contribution in [0, 0.1) is 0 Å². The summed E-state index contributed by atoms with van der Waals surface area (Å²) in [7, 11) is 0. The van der Waals surface area contributed by atoms with E-state index in [9.17, 15) is 4.79 Å². The van der Waals surface area contributed by atoms with Gasteiger partial charge in [0.05, 0.1) is 0 Å². The van der Waals surface area contributed by atoms with Crippen LogP contribution in [0.25, 0.3) is 0 Å². The van der Waals surface area contributed by atoms with Crippen LogP contribution in [0.15, 0.2) is 42.7 Å². The summed E-state index contributed by atoms with van der Waals surface area (Å²) in [6.45, 7) is 2.54. The Bertz CT molecular complexity index is 778. The number of hydrogen-bond donors (Lipinski definition) is 1. The minimum absolute atomic E-state index is 0. The van der Waals surface area contributed by atoms with Crippen molar-refractivity contribution in [3.63, 3.8) is 0 Å². The number of amides is 1. The molecule has 2 aliphatic heterocycles. The van der Waals surface area contributed by atoms with E-state index in [2.05, 4.69) is 33.5 Å². The van der Waals surface area contributed by atoms with Crippen molar-refractivity contribution in [2.75, 3.05) is 24.5 Å². The Morgan fingerprint density at radius 2 is 1.84 bits per heavy atom. The normalized spacial score (nSPS) is 22.3. The van der Waals surface area contributed by atoms with Crippen LogP contribution in [0.4, 0.5) is 5.69 Å². The highest BCUT2D eigenvalue weighted by molar-refractivity contribution is 6.01. The number of fused-ring (bicyclic) bond motifs is 2. The molecule has 0 atom stereocenters. The summed E-state index contributed by atoms with van der Waals surface area (Å²) in [5.74, 6) is 0.212. The molecule has 2 fully saturated rings. The molecule has 1 aliphatic carbocycles. The number of para-hydroxylation sites is 1. The van der Waals surface area contributed by atoms with Crippen molar-refractivity contribution in [3.8, 4) is 0 Å². The number of nitrogens with one attached hydrogen (secondary N) is 1. The Labute approximate surface area is 153 Å². The minimum atomic E-state index is -0.553. The molecule has 2 aromatic rings. The maximum Gasteiger partial charge on any atom is 0.255 e. The SMILES string of the molecule is Cl.O=C(N1CC2(CC2)c2ccccc21)C1(n2cccn2)CCNCC1. The van der Waals surface area contributed by atoms with Crippen LogP contribution < -0.4 is 10.2 Å². The Kier molecular flexibility index (Phi) is 3.89. The number of carbonyl (C=O) groups excluding carboxylic acids is 1. The van der Waals surface area contributed by atoms with E-state index in [4.69, 9.17) is 0 Å². The van der Waals surface area contributed by atoms with E-state index in [0.29, 0.717) is 0 Å². The van der Waals surface area contributed by atoms with Crippen molar-refractivity contribution in [1.82, 2.24) is 15.1 Å². The van der Waals surface area contributed by atoms with Crippen molar-refractivity contribution in [3.05, 3.63) is 48.3 Å². The van der Waals surface area contributed by atoms with Crippen LogP contribution in [0.1, 0.15) is 31.2 Å². The average Bonchev–Trinajstić information content (AvgIpc) is 3.07. The van der Waals surface area contributed by atoms with Gasteiger partial charge in [-0.25, -0.2) is 0 Å². The quantitative estimate of drug-likeness (QED) is 0.897. The second kappa shape index (κ2) is 5.85. The number of rotatable bonds is 2. The van der Waals surface area contributed by atoms with Crippen molar-refractivity contribution < 1.29 is 4.79 Å². The van der Waals surface area contributed by atoms with E-state index >= 15 is 0 Å². The minimum Gasteiger partial charge on any atom is -0.317 e. The third kappa shape index (κ3) is 2.33. The molecule has 132 valence electrons. The number of hydrogen-bond acceptors (Lipinski definition) is 3. The lowest BCUT2D eigenvalue weighted by Crippen LogP contribution is -2.56. The Morgan fingerprint density at radius 1 is 1.08 bits per heavy atom. The molecule has 1 spiro atoms. The fourth-order valence-corrected chi connectivity index (χ4v) is 4.54. The first-order valence-electron chi connectivity index (χ1n) is 8.88. The average molecular weight is 359 g/mol. The number of nitrogens with zero attached hydrogens (tertiary/aromatic N) is 3. The number of benzene rings is 1. The summed E-state index contributed by atoms with van der Waals surface area (Å²) < 4.78 is 1.90. The number of halogens is 1. The van der Waals surface area contributed by atoms with Crippen LogP contribution in [0.3, 0.4) is 0 Å². The van der Waals surface area contributed by atoms with Gasteiger partial charge in [0.25, 0.3) is 5.91 Å². The summed E-state index contributed by atoms with van der Waals surface area (Å²) in [5, 5.41) is 7.84. The van der Waals surface area contributed by atoms with Crippen molar-refractivity contribution >= 4 is 24.0 Å². The summed E-state index contributed by atoms with van der Waals surface area (Å²) in [6.07, 6.45) is 7.70. The molecular weight excluding hydrogens is 336 g/mol. The smallest absolute Gasteiger partial charge is 0.255 e. The third-order valence-corrected chi connectivity index (χ3v) is 6.10. The highest BCUT2D eigenvalue weighted by Crippen LogP contribution is 2.57. The molecule has 0 unspecified atom stereocenters. The van der Waals surface area contributed by atoms with Gasteiger partial charge in [-0.15, -0.1) is 12.4 Å². The van der Waals surface area contributed by atoms with Crippen LogP contribution in [-0.2, 0) is 15.7 Å². The summed E-state index contributed by atoms with van der Waals surface area (Å²) in [5.41, 5.74) is 2.15. The molecule has 0 radical (unpaired) electrons. The second-order valence-electron chi connectivity index (χ2n) is 7.42. The Balaban J connectivity index is 0.00000157. The largest absolute Gasteiger partial charge is 0.317 e.